The highest BCUT2D eigenvalue weighted by Gasteiger charge is 2.43. The second-order valence-corrected chi connectivity index (χ2v) is 11.7. The number of hydrogen-bond donors (Lipinski definition) is 0. The van der Waals surface area contributed by atoms with Gasteiger partial charge in [0, 0.05) is 10.3 Å². The third kappa shape index (κ3) is 9.17. The van der Waals surface area contributed by atoms with Gasteiger partial charge in [0.15, 0.2) is 0 Å². The Morgan fingerprint density at radius 1 is 0.906 bits per heavy atom. The summed E-state index contributed by atoms with van der Waals surface area (Å²) in [5.74, 6) is -0.211. The quantitative estimate of drug-likeness (QED) is 0.304. The van der Waals surface area contributed by atoms with E-state index in [-0.39, 0.29) is 12.4 Å². The normalized spacial score (nSPS) is 21.0. The Kier molecular flexibility index (Phi) is 12.9. The van der Waals surface area contributed by atoms with E-state index >= 15 is 0 Å². The Labute approximate surface area is 203 Å². The maximum atomic E-state index is 13.5. The van der Waals surface area contributed by atoms with E-state index in [4.69, 9.17) is 16.3 Å². The minimum atomic E-state index is -1.38. The van der Waals surface area contributed by atoms with Crippen LogP contribution in [0.2, 0.25) is 0 Å². The highest BCUT2D eigenvalue weighted by molar-refractivity contribution is 7.87. The number of alkyl halides is 1. The molecule has 0 aromatic heterocycles. The van der Waals surface area contributed by atoms with Gasteiger partial charge in [-0.2, -0.15) is 0 Å². The molecule has 32 heavy (non-hydrogen) atoms. The van der Waals surface area contributed by atoms with E-state index in [0.717, 1.165) is 49.0 Å². The van der Waals surface area contributed by atoms with Crippen molar-refractivity contribution in [1.82, 2.24) is 0 Å². The molecule has 5 heteroatoms. The van der Waals surface area contributed by atoms with E-state index in [0.29, 0.717) is 6.61 Å². The highest BCUT2D eigenvalue weighted by Crippen LogP contribution is 2.44. The molecule has 0 heterocycles. The minimum absolute atomic E-state index is 0.211. The second kappa shape index (κ2) is 15.1. The first kappa shape index (κ1) is 27.4. The van der Waals surface area contributed by atoms with Crippen molar-refractivity contribution in [1.29, 1.82) is 0 Å². The predicted molar refractivity (Wildman–Crippen MR) is 136 cm³/mol. The Morgan fingerprint density at radius 2 is 1.34 bits per heavy atom. The number of benzene rings is 1. The van der Waals surface area contributed by atoms with Gasteiger partial charge >= 0.3 is 5.97 Å². The van der Waals surface area contributed by atoms with E-state index in [1.807, 2.05) is 38.1 Å². The van der Waals surface area contributed by atoms with Crippen LogP contribution < -0.4 is 0 Å². The zero-order valence-corrected chi connectivity index (χ0v) is 21.8. The number of hydrogen-bond acceptors (Lipinski definition) is 3. The second-order valence-electron chi connectivity index (χ2n) is 9.51. The summed E-state index contributed by atoms with van der Waals surface area (Å²) >= 11 is 7.05. The van der Waals surface area contributed by atoms with Crippen LogP contribution >= 0.6 is 11.6 Å². The lowest BCUT2D eigenvalue weighted by molar-refractivity contribution is -0.146. The van der Waals surface area contributed by atoms with Crippen LogP contribution in [0.4, 0.5) is 0 Å². The van der Waals surface area contributed by atoms with E-state index in [1.54, 1.807) is 0 Å². The monoisotopic (exact) mass is 482 g/mol. The lowest BCUT2D eigenvalue weighted by Gasteiger charge is -2.37. The molecule has 0 amide bonds. The van der Waals surface area contributed by atoms with E-state index in [9.17, 15) is 9.00 Å². The smallest absolute Gasteiger partial charge is 0.306 e. The number of esters is 1. The summed E-state index contributed by atoms with van der Waals surface area (Å²) in [5, 5.41) is 0. The molecular formula is C27H43ClO3S. The molecule has 2 rings (SSSR count). The highest BCUT2D eigenvalue weighted by atomic mass is 35.5. The minimum Gasteiger partial charge on any atom is -0.466 e. The summed E-state index contributed by atoms with van der Waals surface area (Å²) in [4.78, 5) is 13.4. The van der Waals surface area contributed by atoms with Crippen LogP contribution in [0.5, 0.6) is 0 Å². The summed E-state index contributed by atoms with van der Waals surface area (Å²) in [6.45, 7) is 4.22. The van der Waals surface area contributed by atoms with Gasteiger partial charge in [-0.05, 0) is 38.8 Å². The van der Waals surface area contributed by atoms with E-state index in [1.165, 1.54) is 51.4 Å². The van der Waals surface area contributed by atoms with Gasteiger partial charge in [0.25, 0.3) is 0 Å². The fraction of sp³-hybridized carbons (Fsp3) is 0.741. The van der Waals surface area contributed by atoms with Crippen molar-refractivity contribution in [3.05, 3.63) is 29.8 Å². The molecule has 2 unspecified atom stereocenters. The van der Waals surface area contributed by atoms with Crippen LogP contribution in [0.1, 0.15) is 109 Å². The van der Waals surface area contributed by atoms with E-state index in [2.05, 4.69) is 0 Å². The first-order chi connectivity index (χ1) is 15.5. The molecule has 1 fully saturated rings. The van der Waals surface area contributed by atoms with Gasteiger partial charge in [-0.1, -0.05) is 94.7 Å². The maximum absolute atomic E-state index is 13.5. The van der Waals surface area contributed by atoms with Crippen molar-refractivity contribution >= 4 is 28.4 Å². The topological polar surface area (TPSA) is 43.4 Å². The van der Waals surface area contributed by atoms with Crippen molar-refractivity contribution in [3.63, 3.8) is 0 Å². The van der Waals surface area contributed by atoms with Crippen LogP contribution in [-0.2, 0) is 20.3 Å². The van der Waals surface area contributed by atoms with Gasteiger partial charge in [-0.15, -0.1) is 11.6 Å². The van der Waals surface area contributed by atoms with E-state index < -0.39 is 20.9 Å². The lowest BCUT2D eigenvalue weighted by Crippen LogP contribution is -2.37. The van der Waals surface area contributed by atoms with Gasteiger partial charge in [-0.25, -0.2) is 0 Å². The largest absolute Gasteiger partial charge is 0.466 e. The van der Waals surface area contributed by atoms with Gasteiger partial charge in [0.2, 0.25) is 0 Å². The number of carbonyl (C=O) groups excluding carboxylic acids is 1. The molecular weight excluding hydrogens is 440 g/mol. The number of ether oxygens (including phenoxy) is 1. The molecule has 0 N–H and O–H groups in total. The fourth-order valence-corrected chi connectivity index (χ4v) is 6.87. The summed E-state index contributed by atoms with van der Waals surface area (Å²) < 4.78 is 18.3. The van der Waals surface area contributed by atoms with Crippen molar-refractivity contribution in [2.75, 3.05) is 6.61 Å². The van der Waals surface area contributed by atoms with Crippen molar-refractivity contribution < 1.29 is 13.7 Å². The predicted octanol–water partition coefficient (Wildman–Crippen LogP) is 8.08. The molecule has 182 valence electrons. The first-order valence-electron chi connectivity index (χ1n) is 12.8. The van der Waals surface area contributed by atoms with Crippen molar-refractivity contribution in [3.8, 4) is 0 Å². The molecule has 0 radical (unpaired) electrons. The van der Waals surface area contributed by atoms with Crippen molar-refractivity contribution in [2.24, 2.45) is 5.41 Å². The molecule has 2 atom stereocenters. The number of halogens is 1. The molecule has 1 aliphatic carbocycles. The molecule has 1 aromatic carbocycles. The molecule has 1 saturated carbocycles. The van der Waals surface area contributed by atoms with Crippen LogP contribution in [-0.4, -0.2) is 21.5 Å². The third-order valence-corrected chi connectivity index (χ3v) is 9.38. The van der Waals surface area contributed by atoms with Gasteiger partial charge in [0.1, 0.15) is 4.71 Å². The van der Waals surface area contributed by atoms with Crippen LogP contribution in [0.25, 0.3) is 0 Å². The van der Waals surface area contributed by atoms with Crippen LogP contribution in [0.3, 0.4) is 0 Å². The van der Waals surface area contributed by atoms with Gasteiger partial charge in [0.05, 0.1) is 23.8 Å². The average molecular weight is 483 g/mol. The lowest BCUT2D eigenvalue weighted by atomic mass is 9.76. The number of carbonyl (C=O) groups is 1. The molecule has 0 saturated heterocycles. The maximum Gasteiger partial charge on any atom is 0.306 e. The summed E-state index contributed by atoms with van der Waals surface area (Å²) in [7, 11) is -1.38. The van der Waals surface area contributed by atoms with Crippen LogP contribution in [0, 0.1) is 12.3 Å². The Bertz CT molecular complexity index is 673. The fourth-order valence-electron chi connectivity index (χ4n) is 4.85. The Hall–Kier alpha value is -0.870. The zero-order valence-electron chi connectivity index (χ0n) is 20.2. The standard InChI is InChI=1S/C27H43ClO3S/c1-3-31-25(29)22-27(26(28)32(30)24-18-16-23(2)17-19-24)20-14-12-10-8-6-4-5-7-9-11-13-15-21-27/h16-19,26H,3-15,20-22H2,1-2H3. The summed E-state index contributed by atoms with van der Waals surface area (Å²) in [5.41, 5.74) is 0.635. The molecule has 0 aliphatic heterocycles. The van der Waals surface area contributed by atoms with Gasteiger partial charge < -0.3 is 4.74 Å². The summed E-state index contributed by atoms with van der Waals surface area (Å²) in [6, 6.07) is 7.77. The van der Waals surface area contributed by atoms with Crippen LogP contribution in [0.15, 0.2) is 29.2 Å². The molecule has 1 aromatic rings. The number of aryl methyl sites for hydroxylation is 1. The zero-order chi connectivity index (χ0) is 23.2. The average Bonchev–Trinajstić information content (AvgIpc) is 2.79. The third-order valence-electron chi connectivity index (χ3n) is 6.82. The first-order valence-corrected chi connectivity index (χ1v) is 14.4. The Balaban J connectivity index is 2.24. The molecule has 0 bridgehead atoms. The van der Waals surface area contributed by atoms with Crippen molar-refractivity contribution in [2.45, 2.75) is 120 Å². The molecule has 3 nitrogen and oxygen atoms in total. The number of rotatable bonds is 6. The van der Waals surface area contributed by atoms with Gasteiger partial charge in [-0.3, -0.25) is 9.00 Å². The summed E-state index contributed by atoms with van der Waals surface area (Å²) in [6.07, 6.45) is 16.6. The molecule has 1 aliphatic rings. The molecule has 0 spiro atoms. The Morgan fingerprint density at radius 3 is 1.78 bits per heavy atom. The SMILES string of the molecule is CCOC(=O)CC1(C(Cl)S(=O)c2ccc(C)cc2)CCCCCCCCCCCCCC1.